The Labute approximate surface area is 105 Å². The molecule has 0 aromatic heterocycles. The first-order chi connectivity index (χ1) is 8.70. The second kappa shape index (κ2) is 5.52. The van der Waals surface area contributed by atoms with Crippen LogP contribution in [0.15, 0.2) is 18.2 Å². The molecule has 0 saturated heterocycles. The summed E-state index contributed by atoms with van der Waals surface area (Å²) in [6, 6.07) is 5.51. The smallest absolute Gasteiger partial charge is 0.311 e. The van der Waals surface area contributed by atoms with Crippen LogP contribution in [0.4, 0.5) is 5.69 Å². The molecule has 0 unspecified atom stereocenters. The quantitative estimate of drug-likeness (QED) is 0.472. The first-order valence-corrected chi connectivity index (χ1v) is 5.77. The molecule has 0 radical (unpaired) electrons. The summed E-state index contributed by atoms with van der Waals surface area (Å²) in [6.07, 6.45) is 7.44. The molecule has 0 spiro atoms. The van der Waals surface area contributed by atoms with Crippen molar-refractivity contribution in [2.75, 3.05) is 6.61 Å². The van der Waals surface area contributed by atoms with Crippen LogP contribution in [0.25, 0.3) is 0 Å². The molecule has 0 amide bonds. The molecule has 1 saturated carbocycles. The van der Waals surface area contributed by atoms with E-state index in [1.807, 2.05) is 6.07 Å². The molecule has 1 aromatic rings. The van der Waals surface area contributed by atoms with Gasteiger partial charge in [-0.15, -0.1) is 6.42 Å². The standard InChI is InChI=1S/C13H14N2O3/c1-2-7-18-13-6-3-10(8-12(13)15(16)17)9-14-11-4-5-11/h1,3,6,8,11,14H,4-5,7,9H2. The number of terminal acetylenes is 1. The zero-order chi connectivity index (χ0) is 13.0. The van der Waals surface area contributed by atoms with Gasteiger partial charge in [0.1, 0.15) is 6.61 Å². The van der Waals surface area contributed by atoms with Gasteiger partial charge < -0.3 is 10.1 Å². The molecule has 5 nitrogen and oxygen atoms in total. The van der Waals surface area contributed by atoms with E-state index in [1.54, 1.807) is 6.07 Å². The fourth-order valence-electron chi connectivity index (χ4n) is 1.61. The molecule has 0 bridgehead atoms. The van der Waals surface area contributed by atoms with Crippen molar-refractivity contribution < 1.29 is 9.66 Å². The molecular weight excluding hydrogens is 232 g/mol. The molecule has 1 aliphatic carbocycles. The Morgan fingerprint density at radius 1 is 1.56 bits per heavy atom. The molecular formula is C13H14N2O3. The van der Waals surface area contributed by atoms with Gasteiger partial charge in [0.15, 0.2) is 5.75 Å². The molecule has 1 aromatic carbocycles. The number of nitro groups is 1. The van der Waals surface area contributed by atoms with E-state index in [0.29, 0.717) is 12.6 Å². The van der Waals surface area contributed by atoms with Gasteiger partial charge in [0.05, 0.1) is 4.92 Å². The highest BCUT2D eigenvalue weighted by atomic mass is 16.6. The van der Waals surface area contributed by atoms with Gasteiger partial charge in [0, 0.05) is 18.7 Å². The first-order valence-electron chi connectivity index (χ1n) is 5.77. The molecule has 18 heavy (non-hydrogen) atoms. The van der Waals surface area contributed by atoms with Gasteiger partial charge in [0.25, 0.3) is 0 Å². The van der Waals surface area contributed by atoms with E-state index in [1.165, 1.54) is 18.9 Å². The van der Waals surface area contributed by atoms with Gasteiger partial charge in [-0.2, -0.15) is 0 Å². The summed E-state index contributed by atoms with van der Waals surface area (Å²) < 4.78 is 5.14. The van der Waals surface area contributed by atoms with Crippen molar-refractivity contribution in [3.8, 4) is 18.1 Å². The van der Waals surface area contributed by atoms with E-state index in [2.05, 4.69) is 11.2 Å². The zero-order valence-electron chi connectivity index (χ0n) is 9.89. The Morgan fingerprint density at radius 3 is 2.94 bits per heavy atom. The molecule has 0 atom stereocenters. The Balaban J connectivity index is 2.11. The summed E-state index contributed by atoms with van der Waals surface area (Å²) in [7, 11) is 0. The van der Waals surface area contributed by atoms with Gasteiger partial charge in [-0.1, -0.05) is 12.0 Å². The first kappa shape index (κ1) is 12.4. The van der Waals surface area contributed by atoms with Crippen LogP contribution < -0.4 is 10.1 Å². The Bertz CT molecular complexity index is 489. The summed E-state index contributed by atoms with van der Waals surface area (Å²) in [6.45, 7) is 0.668. The lowest BCUT2D eigenvalue weighted by atomic mass is 10.2. The van der Waals surface area contributed by atoms with E-state index in [-0.39, 0.29) is 18.0 Å². The van der Waals surface area contributed by atoms with E-state index < -0.39 is 4.92 Å². The highest BCUT2D eigenvalue weighted by Crippen LogP contribution is 2.28. The lowest BCUT2D eigenvalue weighted by Gasteiger charge is -2.06. The largest absolute Gasteiger partial charge is 0.474 e. The number of nitrogens with zero attached hydrogens (tertiary/aromatic N) is 1. The predicted molar refractivity (Wildman–Crippen MR) is 67.3 cm³/mol. The minimum Gasteiger partial charge on any atom is -0.474 e. The summed E-state index contributed by atoms with van der Waals surface area (Å²) in [5.74, 6) is 2.50. The van der Waals surface area contributed by atoms with Gasteiger partial charge in [-0.25, -0.2) is 0 Å². The SMILES string of the molecule is C#CCOc1ccc(CNC2CC2)cc1[N+](=O)[O-]. The van der Waals surface area contributed by atoms with Gasteiger partial charge in [-0.3, -0.25) is 10.1 Å². The van der Waals surface area contributed by atoms with Crippen LogP contribution in [0.3, 0.4) is 0 Å². The number of nitro benzene ring substituents is 1. The summed E-state index contributed by atoms with van der Waals surface area (Å²) in [4.78, 5) is 10.5. The highest BCUT2D eigenvalue weighted by molar-refractivity contribution is 5.48. The van der Waals surface area contributed by atoms with Crippen molar-refractivity contribution in [1.82, 2.24) is 5.32 Å². The minimum atomic E-state index is -0.452. The lowest BCUT2D eigenvalue weighted by molar-refractivity contribution is -0.385. The second-order valence-electron chi connectivity index (χ2n) is 4.21. The van der Waals surface area contributed by atoms with Crippen LogP contribution in [0.1, 0.15) is 18.4 Å². The molecule has 1 aliphatic rings. The van der Waals surface area contributed by atoms with Gasteiger partial charge >= 0.3 is 5.69 Å². The predicted octanol–water partition coefficient (Wildman–Crippen LogP) is 1.86. The maximum atomic E-state index is 10.9. The number of nitrogens with one attached hydrogen (secondary N) is 1. The van der Waals surface area contributed by atoms with E-state index >= 15 is 0 Å². The third-order valence-corrected chi connectivity index (χ3v) is 2.70. The number of ether oxygens (including phenoxy) is 1. The Kier molecular flexibility index (Phi) is 3.80. The second-order valence-corrected chi connectivity index (χ2v) is 4.21. The van der Waals surface area contributed by atoms with Crippen LogP contribution in [0.5, 0.6) is 5.75 Å². The molecule has 0 heterocycles. The average molecular weight is 246 g/mol. The summed E-state index contributed by atoms with van der Waals surface area (Å²) in [5.41, 5.74) is 0.835. The lowest BCUT2D eigenvalue weighted by Crippen LogP contribution is -2.15. The number of rotatable bonds is 6. The van der Waals surface area contributed by atoms with Crippen molar-refractivity contribution in [3.05, 3.63) is 33.9 Å². The molecule has 2 rings (SSSR count). The Morgan fingerprint density at radius 2 is 2.33 bits per heavy atom. The highest BCUT2D eigenvalue weighted by Gasteiger charge is 2.21. The van der Waals surface area contributed by atoms with Crippen LogP contribution in [0, 0.1) is 22.5 Å². The van der Waals surface area contributed by atoms with Crippen molar-refractivity contribution in [2.45, 2.75) is 25.4 Å². The number of hydrogen-bond acceptors (Lipinski definition) is 4. The molecule has 0 aliphatic heterocycles. The van der Waals surface area contributed by atoms with Gasteiger partial charge in [-0.05, 0) is 24.5 Å². The molecule has 5 heteroatoms. The summed E-state index contributed by atoms with van der Waals surface area (Å²) in [5, 5.41) is 14.2. The zero-order valence-corrected chi connectivity index (χ0v) is 9.89. The molecule has 94 valence electrons. The maximum Gasteiger partial charge on any atom is 0.311 e. The van der Waals surface area contributed by atoms with Crippen molar-refractivity contribution in [1.29, 1.82) is 0 Å². The van der Waals surface area contributed by atoms with E-state index in [4.69, 9.17) is 11.2 Å². The maximum absolute atomic E-state index is 10.9. The van der Waals surface area contributed by atoms with E-state index in [9.17, 15) is 10.1 Å². The fourth-order valence-corrected chi connectivity index (χ4v) is 1.61. The van der Waals surface area contributed by atoms with Gasteiger partial charge in [0.2, 0.25) is 0 Å². The van der Waals surface area contributed by atoms with E-state index in [0.717, 1.165) is 5.56 Å². The number of benzene rings is 1. The van der Waals surface area contributed by atoms with Crippen LogP contribution in [0.2, 0.25) is 0 Å². The third-order valence-electron chi connectivity index (χ3n) is 2.70. The molecule has 1 N–H and O–H groups in total. The van der Waals surface area contributed by atoms with Crippen LogP contribution in [-0.4, -0.2) is 17.6 Å². The average Bonchev–Trinajstić information content (AvgIpc) is 3.18. The van der Waals surface area contributed by atoms with Crippen molar-refractivity contribution in [3.63, 3.8) is 0 Å². The third kappa shape index (κ3) is 3.22. The topological polar surface area (TPSA) is 64.4 Å². The van der Waals surface area contributed by atoms with Crippen LogP contribution in [-0.2, 0) is 6.54 Å². The van der Waals surface area contributed by atoms with Crippen molar-refractivity contribution in [2.24, 2.45) is 0 Å². The fraction of sp³-hybridized carbons (Fsp3) is 0.385. The summed E-state index contributed by atoms with van der Waals surface area (Å²) >= 11 is 0. The normalized spacial score (nSPS) is 13.9. The number of hydrogen-bond donors (Lipinski definition) is 1. The van der Waals surface area contributed by atoms with Crippen LogP contribution >= 0.6 is 0 Å². The van der Waals surface area contributed by atoms with Crippen molar-refractivity contribution >= 4 is 5.69 Å². The monoisotopic (exact) mass is 246 g/mol. The Hall–Kier alpha value is -2.06. The minimum absolute atomic E-state index is 0.0283. The molecule has 1 fully saturated rings.